The lowest BCUT2D eigenvalue weighted by Gasteiger charge is -2.41. The smallest absolute Gasteiger partial charge is 0.290 e. The Labute approximate surface area is 209 Å². The molecule has 3 aromatic rings. The summed E-state index contributed by atoms with van der Waals surface area (Å²) in [7, 11) is 1.82. The zero-order valence-corrected chi connectivity index (χ0v) is 20.5. The van der Waals surface area contributed by atoms with Gasteiger partial charge >= 0.3 is 0 Å². The fourth-order valence-corrected chi connectivity index (χ4v) is 5.79. The van der Waals surface area contributed by atoms with Gasteiger partial charge in [0.2, 0.25) is 5.91 Å². The molecule has 2 amide bonds. The van der Waals surface area contributed by atoms with Crippen molar-refractivity contribution in [1.29, 1.82) is 0 Å². The summed E-state index contributed by atoms with van der Waals surface area (Å²) in [4.78, 5) is 34.7. The molecule has 8 heteroatoms. The number of aliphatic hydroxyl groups excluding tert-OH is 1. The van der Waals surface area contributed by atoms with Crippen LogP contribution in [0.25, 0.3) is 22.2 Å². The number of imidazole rings is 1. The summed E-state index contributed by atoms with van der Waals surface area (Å²) >= 11 is 0. The molecule has 2 aliphatic carbocycles. The standard InChI is InChI=1S/C28H31FN4O3/c1-31-24-15-18(17-6-7-17)14-22(21-4-2-3-5-23(21)29)26(24)30-27(31)28(36)32-12-13-33(25(35)16-32)19-8-10-20(34)11-9-19/h2-5,14-15,17,19-20,34H,6-13,16H2,1H3/t19-,20-. The Balaban J connectivity index is 1.31. The van der Waals surface area contributed by atoms with E-state index in [0.717, 1.165) is 36.8 Å². The summed E-state index contributed by atoms with van der Waals surface area (Å²) in [5.41, 5.74) is 3.71. The Morgan fingerprint density at radius 3 is 2.47 bits per heavy atom. The lowest BCUT2D eigenvalue weighted by atomic mass is 9.91. The second-order valence-electron chi connectivity index (χ2n) is 10.5. The number of hydrogen-bond donors (Lipinski definition) is 1. The SMILES string of the molecule is Cn1c(C(=O)N2CCN([C@H]3CC[C@H](O)CC3)C(=O)C2)nc2c(-c3ccccc3F)cc(C3CC3)cc21. The Kier molecular flexibility index (Phi) is 5.79. The van der Waals surface area contributed by atoms with Crippen molar-refractivity contribution in [3.8, 4) is 11.1 Å². The van der Waals surface area contributed by atoms with E-state index in [0.29, 0.717) is 48.5 Å². The van der Waals surface area contributed by atoms with Gasteiger partial charge in [0.1, 0.15) is 12.4 Å². The van der Waals surface area contributed by atoms with Gasteiger partial charge in [-0.25, -0.2) is 9.37 Å². The van der Waals surface area contributed by atoms with Crippen molar-refractivity contribution in [3.05, 3.63) is 53.6 Å². The van der Waals surface area contributed by atoms with E-state index in [-0.39, 0.29) is 42.1 Å². The van der Waals surface area contributed by atoms with Crippen LogP contribution in [-0.2, 0) is 11.8 Å². The number of piperazine rings is 1. The number of fused-ring (bicyclic) bond motifs is 1. The van der Waals surface area contributed by atoms with Gasteiger partial charge in [0.15, 0.2) is 5.82 Å². The van der Waals surface area contributed by atoms with Crippen LogP contribution >= 0.6 is 0 Å². The molecule has 1 aromatic heterocycles. The zero-order valence-electron chi connectivity index (χ0n) is 20.5. The molecule has 2 aromatic carbocycles. The molecular weight excluding hydrogens is 459 g/mol. The number of aromatic nitrogens is 2. The van der Waals surface area contributed by atoms with Crippen LogP contribution in [0.4, 0.5) is 4.39 Å². The van der Waals surface area contributed by atoms with Crippen molar-refractivity contribution in [2.24, 2.45) is 7.05 Å². The molecule has 7 nitrogen and oxygen atoms in total. The highest BCUT2D eigenvalue weighted by Gasteiger charge is 2.35. The third-order valence-electron chi connectivity index (χ3n) is 8.06. The number of benzene rings is 2. The first-order valence-electron chi connectivity index (χ1n) is 12.9. The van der Waals surface area contributed by atoms with Gasteiger partial charge in [-0.15, -0.1) is 0 Å². The van der Waals surface area contributed by atoms with Gasteiger partial charge in [0.05, 0.1) is 17.1 Å². The third kappa shape index (κ3) is 4.07. The number of amides is 2. The average molecular weight is 491 g/mol. The Bertz CT molecular complexity index is 1340. The number of nitrogens with zero attached hydrogens (tertiary/aromatic N) is 4. The van der Waals surface area contributed by atoms with Crippen molar-refractivity contribution in [1.82, 2.24) is 19.4 Å². The van der Waals surface area contributed by atoms with Crippen molar-refractivity contribution in [2.75, 3.05) is 19.6 Å². The van der Waals surface area contributed by atoms with Crippen LogP contribution in [0.15, 0.2) is 36.4 Å². The number of aliphatic hydroxyl groups is 1. The molecule has 1 N–H and O–H groups in total. The Hall–Kier alpha value is -3.26. The average Bonchev–Trinajstić information content (AvgIpc) is 3.68. The van der Waals surface area contributed by atoms with E-state index in [2.05, 4.69) is 6.07 Å². The third-order valence-corrected chi connectivity index (χ3v) is 8.06. The second-order valence-corrected chi connectivity index (χ2v) is 10.5. The van der Waals surface area contributed by atoms with Crippen molar-refractivity contribution in [3.63, 3.8) is 0 Å². The second kappa shape index (κ2) is 9.00. The number of rotatable bonds is 4. The molecule has 0 spiro atoms. The maximum atomic E-state index is 14.8. The lowest BCUT2D eigenvalue weighted by Crippen LogP contribution is -2.56. The highest BCUT2D eigenvalue weighted by molar-refractivity contribution is 6.01. The van der Waals surface area contributed by atoms with E-state index in [1.807, 2.05) is 18.0 Å². The van der Waals surface area contributed by atoms with Crippen LogP contribution in [0, 0.1) is 5.82 Å². The minimum absolute atomic E-state index is 0.0224. The largest absolute Gasteiger partial charge is 0.393 e. The van der Waals surface area contributed by atoms with Crippen LogP contribution in [-0.4, -0.2) is 68.1 Å². The minimum atomic E-state index is -0.317. The maximum Gasteiger partial charge on any atom is 0.290 e. The molecule has 2 heterocycles. The van der Waals surface area contributed by atoms with Gasteiger partial charge in [-0.1, -0.05) is 18.2 Å². The molecule has 36 heavy (non-hydrogen) atoms. The molecule has 0 atom stereocenters. The van der Waals surface area contributed by atoms with E-state index in [4.69, 9.17) is 4.98 Å². The summed E-state index contributed by atoms with van der Waals surface area (Å²) in [5, 5.41) is 9.79. The lowest BCUT2D eigenvalue weighted by molar-refractivity contribution is -0.138. The number of aryl methyl sites for hydroxylation is 1. The maximum absolute atomic E-state index is 14.8. The first kappa shape index (κ1) is 23.2. The first-order chi connectivity index (χ1) is 17.4. The molecule has 0 bridgehead atoms. The molecule has 0 radical (unpaired) electrons. The quantitative estimate of drug-likeness (QED) is 0.603. The van der Waals surface area contributed by atoms with Crippen molar-refractivity contribution < 1.29 is 19.1 Å². The van der Waals surface area contributed by atoms with Gasteiger partial charge in [0.25, 0.3) is 5.91 Å². The summed E-state index contributed by atoms with van der Waals surface area (Å²) in [6.07, 6.45) is 4.97. The summed E-state index contributed by atoms with van der Waals surface area (Å²) in [5.74, 6) is 0.0615. The van der Waals surface area contributed by atoms with Crippen molar-refractivity contribution in [2.45, 2.75) is 56.6 Å². The van der Waals surface area contributed by atoms with Crippen LogP contribution in [0.5, 0.6) is 0 Å². The summed E-state index contributed by atoms with van der Waals surface area (Å²) in [6, 6.07) is 10.9. The molecule has 188 valence electrons. The fourth-order valence-electron chi connectivity index (χ4n) is 5.79. The molecule has 6 rings (SSSR count). The predicted molar refractivity (Wildman–Crippen MR) is 134 cm³/mol. The Morgan fingerprint density at radius 1 is 1.03 bits per heavy atom. The number of hydrogen-bond acceptors (Lipinski definition) is 4. The van der Waals surface area contributed by atoms with Gasteiger partial charge < -0.3 is 19.5 Å². The molecule has 0 unspecified atom stereocenters. The van der Waals surface area contributed by atoms with Crippen LogP contribution in [0.2, 0.25) is 0 Å². The van der Waals surface area contributed by atoms with E-state index in [1.54, 1.807) is 27.7 Å². The summed E-state index contributed by atoms with van der Waals surface area (Å²) < 4.78 is 16.6. The van der Waals surface area contributed by atoms with Gasteiger partial charge in [-0.3, -0.25) is 9.59 Å². The van der Waals surface area contributed by atoms with E-state index < -0.39 is 0 Å². The molecule has 1 aliphatic heterocycles. The highest BCUT2D eigenvalue weighted by atomic mass is 19.1. The minimum Gasteiger partial charge on any atom is -0.393 e. The highest BCUT2D eigenvalue weighted by Crippen LogP contribution is 2.43. The first-order valence-corrected chi connectivity index (χ1v) is 12.9. The van der Waals surface area contributed by atoms with E-state index in [1.165, 1.54) is 6.07 Å². The normalized spacial score (nSPS) is 22.9. The predicted octanol–water partition coefficient (Wildman–Crippen LogP) is 3.84. The number of carbonyl (C=O) groups excluding carboxylic acids is 2. The summed E-state index contributed by atoms with van der Waals surface area (Å²) in [6.45, 7) is 0.955. The molecule has 2 saturated carbocycles. The van der Waals surface area contributed by atoms with Crippen molar-refractivity contribution >= 4 is 22.8 Å². The Morgan fingerprint density at radius 2 is 1.78 bits per heavy atom. The number of halogens is 1. The fraction of sp³-hybridized carbons (Fsp3) is 0.464. The van der Waals surface area contributed by atoms with Gasteiger partial charge in [-0.2, -0.15) is 0 Å². The monoisotopic (exact) mass is 490 g/mol. The molecule has 3 aliphatic rings. The topological polar surface area (TPSA) is 78.7 Å². The van der Waals surface area contributed by atoms with E-state index in [9.17, 15) is 19.1 Å². The molecular formula is C28H31FN4O3. The molecule has 1 saturated heterocycles. The van der Waals surface area contributed by atoms with Crippen LogP contribution in [0.1, 0.15) is 60.6 Å². The zero-order chi connectivity index (χ0) is 25.0. The number of carbonyl (C=O) groups is 2. The molecule has 3 fully saturated rings. The van der Waals surface area contributed by atoms with Crippen LogP contribution in [0.3, 0.4) is 0 Å². The van der Waals surface area contributed by atoms with Gasteiger partial charge in [-0.05, 0) is 68.2 Å². The van der Waals surface area contributed by atoms with Gasteiger partial charge in [0, 0.05) is 37.3 Å². The van der Waals surface area contributed by atoms with E-state index >= 15 is 0 Å². The van der Waals surface area contributed by atoms with Crippen LogP contribution < -0.4 is 0 Å².